The fourth-order valence-electron chi connectivity index (χ4n) is 1.31. The highest BCUT2D eigenvalue weighted by Gasteiger charge is 2.13. The van der Waals surface area contributed by atoms with E-state index in [1.807, 2.05) is 11.8 Å². The molecule has 0 aromatic carbocycles. The highest BCUT2D eigenvalue weighted by Crippen LogP contribution is 2.14. The lowest BCUT2D eigenvalue weighted by molar-refractivity contribution is 0.0244. The topological polar surface area (TPSA) is 18.5 Å². The van der Waals surface area contributed by atoms with Gasteiger partial charge in [0.1, 0.15) is 0 Å². The molecule has 0 aromatic heterocycles. The van der Waals surface area contributed by atoms with E-state index in [0.717, 1.165) is 38.1 Å². The Morgan fingerprint density at radius 2 is 2.17 bits per heavy atom. The first-order valence-electron chi connectivity index (χ1n) is 4.58. The summed E-state index contributed by atoms with van der Waals surface area (Å²) in [6.45, 7) is 3.69. The highest BCUT2D eigenvalue weighted by atomic mass is 32.2. The van der Waals surface area contributed by atoms with E-state index in [2.05, 4.69) is 6.26 Å². The van der Waals surface area contributed by atoms with Crippen molar-refractivity contribution in [2.24, 2.45) is 5.92 Å². The molecule has 0 aromatic rings. The van der Waals surface area contributed by atoms with Gasteiger partial charge in [-0.05, 0) is 25.0 Å². The molecule has 0 atom stereocenters. The molecule has 1 heterocycles. The van der Waals surface area contributed by atoms with Gasteiger partial charge in [0.15, 0.2) is 0 Å². The van der Waals surface area contributed by atoms with Crippen LogP contribution in [-0.4, -0.2) is 38.4 Å². The van der Waals surface area contributed by atoms with Gasteiger partial charge in [-0.25, -0.2) is 0 Å². The van der Waals surface area contributed by atoms with Gasteiger partial charge in [0, 0.05) is 25.6 Å². The van der Waals surface area contributed by atoms with Crippen molar-refractivity contribution in [1.29, 1.82) is 0 Å². The van der Waals surface area contributed by atoms with Gasteiger partial charge < -0.3 is 9.47 Å². The van der Waals surface area contributed by atoms with Crippen LogP contribution < -0.4 is 0 Å². The smallest absolute Gasteiger partial charge is 0.0556 e. The first-order chi connectivity index (χ1) is 5.93. The summed E-state index contributed by atoms with van der Waals surface area (Å²) >= 11 is 1.84. The van der Waals surface area contributed by atoms with E-state index in [9.17, 15) is 0 Å². The summed E-state index contributed by atoms with van der Waals surface area (Å²) in [6.07, 6.45) is 4.47. The number of rotatable bonds is 5. The minimum Gasteiger partial charge on any atom is -0.381 e. The Morgan fingerprint density at radius 1 is 1.42 bits per heavy atom. The van der Waals surface area contributed by atoms with Crippen LogP contribution in [0.25, 0.3) is 0 Å². The molecule has 1 saturated heterocycles. The maximum Gasteiger partial charge on any atom is 0.0556 e. The molecule has 3 heteroatoms. The van der Waals surface area contributed by atoms with Crippen LogP contribution in [0.1, 0.15) is 12.8 Å². The lowest BCUT2D eigenvalue weighted by Gasteiger charge is -2.21. The van der Waals surface area contributed by atoms with Gasteiger partial charge in [-0.3, -0.25) is 0 Å². The van der Waals surface area contributed by atoms with E-state index in [1.165, 1.54) is 12.8 Å². The van der Waals surface area contributed by atoms with Crippen molar-refractivity contribution < 1.29 is 9.47 Å². The van der Waals surface area contributed by atoms with Gasteiger partial charge in [-0.15, -0.1) is 0 Å². The lowest BCUT2D eigenvalue weighted by atomic mass is 10.0. The van der Waals surface area contributed by atoms with Gasteiger partial charge in [-0.2, -0.15) is 11.8 Å². The lowest BCUT2D eigenvalue weighted by Crippen LogP contribution is -2.20. The van der Waals surface area contributed by atoms with Gasteiger partial charge in [0.25, 0.3) is 0 Å². The van der Waals surface area contributed by atoms with Gasteiger partial charge >= 0.3 is 0 Å². The van der Waals surface area contributed by atoms with E-state index >= 15 is 0 Å². The van der Waals surface area contributed by atoms with Gasteiger partial charge in [-0.1, -0.05) is 0 Å². The van der Waals surface area contributed by atoms with Crippen LogP contribution in [-0.2, 0) is 9.47 Å². The molecule has 0 radical (unpaired) electrons. The van der Waals surface area contributed by atoms with Crippen molar-refractivity contribution in [3.8, 4) is 0 Å². The van der Waals surface area contributed by atoms with E-state index in [4.69, 9.17) is 9.47 Å². The minimum absolute atomic E-state index is 0.751. The zero-order valence-electron chi connectivity index (χ0n) is 7.75. The van der Waals surface area contributed by atoms with E-state index in [0.29, 0.717) is 0 Å². The number of hydrogen-bond acceptors (Lipinski definition) is 3. The van der Waals surface area contributed by atoms with Crippen molar-refractivity contribution in [1.82, 2.24) is 0 Å². The molecule has 0 aliphatic carbocycles. The van der Waals surface area contributed by atoms with Crippen molar-refractivity contribution in [2.75, 3.05) is 38.4 Å². The van der Waals surface area contributed by atoms with Crippen molar-refractivity contribution in [3.63, 3.8) is 0 Å². The number of hydrogen-bond donors (Lipinski definition) is 0. The monoisotopic (exact) mass is 190 g/mol. The molecule has 0 unspecified atom stereocenters. The average molecular weight is 190 g/mol. The second-order valence-electron chi connectivity index (χ2n) is 3.12. The van der Waals surface area contributed by atoms with Gasteiger partial charge in [0.05, 0.1) is 6.61 Å². The first kappa shape index (κ1) is 10.4. The molecule has 1 aliphatic rings. The van der Waals surface area contributed by atoms with Crippen molar-refractivity contribution in [3.05, 3.63) is 0 Å². The second kappa shape index (κ2) is 6.75. The fraction of sp³-hybridized carbons (Fsp3) is 1.00. The normalized spacial score (nSPS) is 19.8. The molecule has 12 heavy (non-hydrogen) atoms. The Hall–Kier alpha value is 0.270. The molecule has 72 valence electrons. The maximum atomic E-state index is 5.54. The standard InChI is InChI=1S/C9H18O2S/c1-12-7-6-11-8-9-2-4-10-5-3-9/h9H,2-8H2,1H3. The Kier molecular flexibility index (Phi) is 5.82. The predicted molar refractivity (Wildman–Crippen MR) is 52.7 cm³/mol. The summed E-state index contributed by atoms with van der Waals surface area (Å²) in [5, 5.41) is 0. The van der Waals surface area contributed by atoms with Crippen LogP contribution in [0, 0.1) is 5.92 Å². The molecule has 0 N–H and O–H groups in total. The van der Waals surface area contributed by atoms with Crippen LogP contribution in [0.4, 0.5) is 0 Å². The third kappa shape index (κ3) is 4.33. The molecular weight excluding hydrogens is 172 g/mol. The molecule has 0 spiro atoms. The summed E-state index contributed by atoms with van der Waals surface area (Å²) in [4.78, 5) is 0. The van der Waals surface area contributed by atoms with E-state index in [1.54, 1.807) is 0 Å². The number of ether oxygens (including phenoxy) is 2. The Balaban J connectivity index is 1.91. The molecule has 0 bridgehead atoms. The molecule has 1 fully saturated rings. The number of thioether (sulfide) groups is 1. The summed E-state index contributed by atoms with van der Waals surface area (Å²) in [6, 6.07) is 0. The molecule has 1 rings (SSSR count). The van der Waals surface area contributed by atoms with E-state index < -0.39 is 0 Å². The zero-order valence-corrected chi connectivity index (χ0v) is 8.57. The minimum atomic E-state index is 0.751. The molecule has 0 saturated carbocycles. The fourth-order valence-corrected chi connectivity index (χ4v) is 1.59. The second-order valence-corrected chi connectivity index (χ2v) is 4.11. The zero-order chi connectivity index (χ0) is 8.65. The van der Waals surface area contributed by atoms with Crippen molar-refractivity contribution in [2.45, 2.75) is 12.8 Å². The van der Waals surface area contributed by atoms with Gasteiger partial charge in [0.2, 0.25) is 0 Å². The Labute approximate surface area is 79.0 Å². The molecular formula is C9H18O2S. The maximum absolute atomic E-state index is 5.54. The summed E-state index contributed by atoms with van der Waals surface area (Å²) in [5.41, 5.74) is 0. The third-order valence-corrected chi connectivity index (χ3v) is 2.70. The summed E-state index contributed by atoms with van der Waals surface area (Å²) in [7, 11) is 0. The van der Waals surface area contributed by atoms with Crippen LogP contribution >= 0.6 is 11.8 Å². The Bertz CT molecular complexity index is 103. The summed E-state index contributed by atoms with van der Waals surface area (Å²) in [5.74, 6) is 1.86. The largest absolute Gasteiger partial charge is 0.381 e. The first-order valence-corrected chi connectivity index (χ1v) is 5.97. The SMILES string of the molecule is CSCCOCC1CCOCC1. The quantitative estimate of drug-likeness (QED) is 0.616. The van der Waals surface area contributed by atoms with Crippen LogP contribution in [0.15, 0.2) is 0 Å². The average Bonchev–Trinajstić information content (AvgIpc) is 2.14. The molecule has 2 nitrogen and oxygen atoms in total. The Morgan fingerprint density at radius 3 is 2.83 bits per heavy atom. The van der Waals surface area contributed by atoms with Crippen LogP contribution in [0.2, 0.25) is 0 Å². The predicted octanol–water partition coefficient (Wildman–Crippen LogP) is 1.79. The van der Waals surface area contributed by atoms with Crippen LogP contribution in [0.5, 0.6) is 0 Å². The van der Waals surface area contributed by atoms with E-state index in [-0.39, 0.29) is 0 Å². The highest BCUT2D eigenvalue weighted by molar-refractivity contribution is 7.98. The van der Waals surface area contributed by atoms with Crippen molar-refractivity contribution >= 4 is 11.8 Å². The molecule has 0 amide bonds. The third-order valence-electron chi connectivity index (χ3n) is 2.13. The molecule has 1 aliphatic heterocycles. The van der Waals surface area contributed by atoms with Crippen LogP contribution in [0.3, 0.4) is 0 Å². The summed E-state index contributed by atoms with van der Waals surface area (Å²) < 4.78 is 10.8.